The van der Waals surface area contributed by atoms with Crippen molar-refractivity contribution < 1.29 is 19.7 Å². The molecule has 166 valence electrons. The molecule has 1 unspecified atom stereocenters. The van der Waals surface area contributed by atoms with Gasteiger partial charge in [0.2, 0.25) is 0 Å². The number of unbranched alkanes of at least 4 members (excludes halogenated alkanes) is 11. The Morgan fingerprint density at radius 2 is 1.41 bits per heavy atom. The van der Waals surface area contributed by atoms with Crippen molar-refractivity contribution in [3.8, 4) is 0 Å². The van der Waals surface area contributed by atoms with Crippen molar-refractivity contribution in [1.29, 1.82) is 0 Å². The van der Waals surface area contributed by atoms with Gasteiger partial charge in [0.05, 0.1) is 12.2 Å². The third-order valence-electron chi connectivity index (χ3n) is 5.10. The summed E-state index contributed by atoms with van der Waals surface area (Å²) in [5.41, 5.74) is 1.42. The molecule has 0 amide bonds. The normalized spacial score (nSPS) is 12.0. The molecular formula is C24H41NO4. The maximum absolute atomic E-state index is 11.8. The van der Waals surface area contributed by atoms with Crippen LogP contribution in [-0.2, 0) is 4.74 Å². The van der Waals surface area contributed by atoms with Crippen LogP contribution in [0.3, 0.4) is 0 Å². The fraction of sp³-hybridized carbons (Fsp3) is 0.708. The van der Waals surface area contributed by atoms with Crippen molar-refractivity contribution in [3.05, 3.63) is 29.8 Å². The van der Waals surface area contributed by atoms with E-state index in [1.54, 1.807) is 12.1 Å². The zero-order chi connectivity index (χ0) is 21.2. The average molecular weight is 408 g/mol. The van der Waals surface area contributed by atoms with E-state index in [0.717, 1.165) is 18.7 Å². The summed E-state index contributed by atoms with van der Waals surface area (Å²) < 4.78 is 4.93. The molecule has 0 fully saturated rings. The quantitative estimate of drug-likeness (QED) is 0.227. The minimum atomic E-state index is -1.03. The summed E-state index contributed by atoms with van der Waals surface area (Å²) in [4.78, 5) is 11.8. The smallest absolute Gasteiger partial charge is 0.338 e. The molecule has 0 radical (unpaired) electrons. The van der Waals surface area contributed by atoms with Gasteiger partial charge in [0.1, 0.15) is 12.7 Å². The highest BCUT2D eigenvalue weighted by Crippen LogP contribution is 2.13. The van der Waals surface area contributed by atoms with Crippen LogP contribution in [0.25, 0.3) is 0 Å². The lowest BCUT2D eigenvalue weighted by atomic mass is 10.1. The first kappa shape index (κ1) is 25.4. The Bertz CT molecular complexity index is 518. The maximum atomic E-state index is 11.8. The topological polar surface area (TPSA) is 78.8 Å². The molecule has 0 aliphatic carbocycles. The molecule has 0 saturated carbocycles. The van der Waals surface area contributed by atoms with Gasteiger partial charge in [-0.25, -0.2) is 4.79 Å². The van der Waals surface area contributed by atoms with Gasteiger partial charge < -0.3 is 20.3 Å². The van der Waals surface area contributed by atoms with Crippen LogP contribution in [0.1, 0.15) is 94.3 Å². The predicted molar refractivity (Wildman–Crippen MR) is 119 cm³/mol. The molecule has 1 rings (SSSR count). The maximum Gasteiger partial charge on any atom is 0.338 e. The van der Waals surface area contributed by atoms with Crippen LogP contribution >= 0.6 is 0 Å². The lowest BCUT2D eigenvalue weighted by Gasteiger charge is -2.10. The zero-order valence-corrected chi connectivity index (χ0v) is 18.2. The van der Waals surface area contributed by atoms with Gasteiger partial charge in [-0.05, 0) is 30.7 Å². The highest BCUT2D eigenvalue weighted by molar-refractivity contribution is 5.89. The van der Waals surface area contributed by atoms with E-state index in [9.17, 15) is 9.90 Å². The van der Waals surface area contributed by atoms with Crippen LogP contribution < -0.4 is 5.32 Å². The Hall–Kier alpha value is -1.59. The molecule has 0 heterocycles. The van der Waals surface area contributed by atoms with E-state index >= 15 is 0 Å². The van der Waals surface area contributed by atoms with Gasteiger partial charge in [-0.15, -0.1) is 0 Å². The van der Waals surface area contributed by atoms with Gasteiger partial charge in [-0.2, -0.15) is 0 Å². The Kier molecular flexibility index (Phi) is 15.2. The Morgan fingerprint density at radius 3 is 1.93 bits per heavy atom. The highest BCUT2D eigenvalue weighted by atomic mass is 16.5. The van der Waals surface area contributed by atoms with Gasteiger partial charge >= 0.3 is 5.97 Å². The summed E-state index contributed by atoms with van der Waals surface area (Å²) in [5.74, 6) is -0.495. The fourth-order valence-corrected chi connectivity index (χ4v) is 3.23. The number of hydrogen-bond donors (Lipinski definition) is 3. The number of aliphatic hydroxyl groups excluding tert-OH is 2. The van der Waals surface area contributed by atoms with E-state index in [2.05, 4.69) is 12.2 Å². The van der Waals surface area contributed by atoms with Gasteiger partial charge in [-0.1, -0.05) is 77.6 Å². The van der Waals surface area contributed by atoms with E-state index in [4.69, 9.17) is 9.84 Å². The zero-order valence-electron chi connectivity index (χ0n) is 18.2. The minimum absolute atomic E-state index is 0.200. The largest absolute Gasteiger partial charge is 0.459 e. The van der Waals surface area contributed by atoms with Crippen LogP contribution in [0.5, 0.6) is 0 Å². The first-order valence-electron chi connectivity index (χ1n) is 11.5. The molecule has 0 bridgehead atoms. The van der Waals surface area contributed by atoms with E-state index in [1.165, 1.54) is 70.6 Å². The van der Waals surface area contributed by atoms with Crippen LogP contribution in [0.2, 0.25) is 0 Å². The summed E-state index contributed by atoms with van der Waals surface area (Å²) in [5, 5.41) is 21.3. The summed E-state index contributed by atoms with van der Waals surface area (Å²) >= 11 is 0. The van der Waals surface area contributed by atoms with E-state index < -0.39 is 18.7 Å². The van der Waals surface area contributed by atoms with E-state index in [0.29, 0.717) is 5.56 Å². The highest BCUT2D eigenvalue weighted by Gasteiger charge is 2.10. The molecule has 5 heteroatoms. The molecule has 0 aliphatic heterocycles. The number of esters is 1. The summed E-state index contributed by atoms with van der Waals surface area (Å²) in [6, 6.07) is 7.13. The van der Waals surface area contributed by atoms with Crippen LogP contribution in [0.15, 0.2) is 24.3 Å². The van der Waals surface area contributed by atoms with E-state index in [-0.39, 0.29) is 6.61 Å². The van der Waals surface area contributed by atoms with Crippen molar-refractivity contribution in [2.75, 3.05) is 25.1 Å². The molecule has 3 N–H and O–H groups in total. The lowest BCUT2D eigenvalue weighted by molar-refractivity contribution is 0.00933. The van der Waals surface area contributed by atoms with Crippen LogP contribution in [0.4, 0.5) is 5.69 Å². The number of carbonyl (C=O) groups excluding carboxylic acids is 1. The third kappa shape index (κ3) is 13.3. The van der Waals surface area contributed by atoms with Crippen molar-refractivity contribution >= 4 is 11.7 Å². The molecular weight excluding hydrogens is 366 g/mol. The number of hydrogen-bond acceptors (Lipinski definition) is 5. The molecule has 1 aromatic rings. The van der Waals surface area contributed by atoms with Gasteiger partial charge in [0.25, 0.3) is 0 Å². The van der Waals surface area contributed by atoms with Gasteiger partial charge in [0.15, 0.2) is 0 Å². The molecule has 0 aromatic heterocycles. The predicted octanol–water partition coefficient (Wildman–Crippen LogP) is 5.31. The molecule has 0 spiro atoms. The average Bonchev–Trinajstić information content (AvgIpc) is 2.75. The van der Waals surface area contributed by atoms with Crippen molar-refractivity contribution in [2.45, 2.75) is 90.1 Å². The monoisotopic (exact) mass is 407 g/mol. The van der Waals surface area contributed by atoms with Gasteiger partial charge in [-0.3, -0.25) is 0 Å². The number of ether oxygens (including phenoxy) is 1. The summed E-state index contributed by atoms with van der Waals surface area (Å²) in [6.45, 7) is 2.58. The second-order valence-corrected chi connectivity index (χ2v) is 7.83. The second-order valence-electron chi connectivity index (χ2n) is 7.83. The number of carbonyl (C=O) groups is 1. The third-order valence-corrected chi connectivity index (χ3v) is 5.10. The van der Waals surface area contributed by atoms with Crippen molar-refractivity contribution in [2.24, 2.45) is 0 Å². The number of aliphatic hydroxyl groups is 2. The first-order valence-corrected chi connectivity index (χ1v) is 11.5. The number of benzene rings is 1. The number of nitrogens with one attached hydrogen (secondary N) is 1. The standard InChI is InChI=1S/C24H41NO4/c1-2-3-4-5-6-7-8-9-10-11-12-13-18-25-22-16-14-21(15-17-22)24(28)29-20-23(27)19-26/h14-17,23,25-27H,2-13,18-20H2,1H3. The molecule has 5 nitrogen and oxygen atoms in total. The molecule has 1 aromatic carbocycles. The minimum Gasteiger partial charge on any atom is -0.459 e. The van der Waals surface area contributed by atoms with Crippen molar-refractivity contribution in [3.63, 3.8) is 0 Å². The van der Waals surface area contributed by atoms with Gasteiger partial charge in [0, 0.05) is 12.2 Å². The lowest BCUT2D eigenvalue weighted by Crippen LogP contribution is -2.21. The molecule has 29 heavy (non-hydrogen) atoms. The summed E-state index contributed by atoms with van der Waals surface area (Å²) in [7, 11) is 0. The Labute approximate surface area is 176 Å². The van der Waals surface area contributed by atoms with Crippen molar-refractivity contribution in [1.82, 2.24) is 0 Å². The Balaban J connectivity index is 2.00. The fourth-order valence-electron chi connectivity index (χ4n) is 3.23. The molecule has 0 aliphatic rings. The molecule has 1 atom stereocenters. The van der Waals surface area contributed by atoms with Crippen LogP contribution in [-0.4, -0.2) is 42.0 Å². The molecule has 0 saturated heterocycles. The number of anilines is 1. The first-order chi connectivity index (χ1) is 14.2. The SMILES string of the molecule is CCCCCCCCCCCCCCNc1ccc(C(=O)OCC(O)CO)cc1. The number of rotatable bonds is 18. The van der Waals surface area contributed by atoms with Crippen LogP contribution in [0, 0.1) is 0 Å². The summed E-state index contributed by atoms with van der Waals surface area (Å²) in [6.07, 6.45) is 15.1. The van der Waals surface area contributed by atoms with E-state index in [1.807, 2.05) is 12.1 Å². The Morgan fingerprint density at radius 1 is 0.897 bits per heavy atom. The second kappa shape index (κ2) is 17.3.